The van der Waals surface area contributed by atoms with E-state index in [1.807, 2.05) is 6.07 Å². The van der Waals surface area contributed by atoms with Crippen LogP contribution < -0.4 is 5.32 Å². The largest absolute Gasteiger partial charge is 0.394 e. The first-order valence-corrected chi connectivity index (χ1v) is 7.82. The van der Waals surface area contributed by atoms with Crippen LogP contribution in [0.1, 0.15) is 17.5 Å². The first-order valence-electron chi connectivity index (χ1n) is 7.03. The predicted octanol–water partition coefficient (Wildman–Crippen LogP) is 3.92. The van der Waals surface area contributed by atoms with Crippen LogP contribution in [0, 0.1) is 5.82 Å². The number of benzene rings is 2. The molecule has 0 aliphatic heterocycles. The molecule has 1 aliphatic carbocycles. The minimum atomic E-state index is -0.497. The quantitative estimate of drug-likeness (QED) is 0.880. The summed E-state index contributed by atoms with van der Waals surface area (Å²) in [4.78, 5) is 0. The lowest BCUT2D eigenvalue weighted by molar-refractivity contribution is 0.196. The zero-order valence-corrected chi connectivity index (χ0v) is 13.2. The van der Waals surface area contributed by atoms with Gasteiger partial charge in [0.05, 0.1) is 17.8 Å². The van der Waals surface area contributed by atoms with Crippen molar-refractivity contribution in [2.45, 2.75) is 24.8 Å². The first-order chi connectivity index (χ1) is 10.1. The fourth-order valence-corrected chi connectivity index (χ4v) is 3.36. The molecular formula is C17H17BrFNO. The van der Waals surface area contributed by atoms with E-state index in [0.29, 0.717) is 12.1 Å². The lowest BCUT2D eigenvalue weighted by Gasteiger charge is -2.38. The summed E-state index contributed by atoms with van der Waals surface area (Å²) in [5, 5.41) is 13.1. The van der Waals surface area contributed by atoms with Gasteiger partial charge in [0.15, 0.2) is 0 Å². The van der Waals surface area contributed by atoms with Gasteiger partial charge in [0.25, 0.3) is 0 Å². The Morgan fingerprint density at radius 1 is 1.19 bits per heavy atom. The monoisotopic (exact) mass is 349 g/mol. The van der Waals surface area contributed by atoms with Gasteiger partial charge in [0, 0.05) is 4.47 Å². The lowest BCUT2D eigenvalue weighted by Crippen LogP contribution is -2.47. The molecule has 0 heterocycles. The van der Waals surface area contributed by atoms with Crippen molar-refractivity contribution < 1.29 is 9.50 Å². The number of halogens is 2. The normalized spacial score (nSPS) is 20.9. The molecule has 2 N–H and O–H groups in total. The summed E-state index contributed by atoms with van der Waals surface area (Å²) in [6.07, 6.45) is 2.35. The summed E-state index contributed by atoms with van der Waals surface area (Å²) < 4.78 is 14.9. The van der Waals surface area contributed by atoms with Gasteiger partial charge in [-0.2, -0.15) is 0 Å². The second-order valence-electron chi connectivity index (χ2n) is 5.63. The van der Waals surface area contributed by atoms with Crippen LogP contribution in [0.3, 0.4) is 0 Å². The van der Waals surface area contributed by atoms with E-state index < -0.39 is 5.54 Å². The van der Waals surface area contributed by atoms with Crippen molar-refractivity contribution >= 4 is 21.6 Å². The average Bonchev–Trinajstić information content (AvgIpc) is 2.50. The summed E-state index contributed by atoms with van der Waals surface area (Å²) in [6.45, 7) is -0.0170. The molecule has 0 fully saturated rings. The van der Waals surface area contributed by atoms with E-state index in [2.05, 4.69) is 33.4 Å². The predicted molar refractivity (Wildman–Crippen MR) is 86.0 cm³/mol. The van der Waals surface area contributed by atoms with E-state index in [9.17, 15) is 9.50 Å². The number of hydrogen-bond donors (Lipinski definition) is 2. The summed E-state index contributed by atoms with van der Waals surface area (Å²) in [7, 11) is 0. The highest BCUT2D eigenvalue weighted by atomic mass is 79.9. The molecule has 0 spiro atoms. The minimum Gasteiger partial charge on any atom is -0.394 e. The van der Waals surface area contributed by atoms with Crippen LogP contribution >= 0.6 is 15.9 Å². The Balaban J connectivity index is 1.89. The fourth-order valence-electron chi connectivity index (χ4n) is 2.96. The van der Waals surface area contributed by atoms with Crippen molar-refractivity contribution in [2.24, 2.45) is 0 Å². The minimum absolute atomic E-state index is 0.0170. The van der Waals surface area contributed by atoms with Crippen molar-refractivity contribution in [2.75, 3.05) is 11.9 Å². The Labute approximate surface area is 132 Å². The average molecular weight is 350 g/mol. The Hall–Kier alpha value is -1.39. The Kier molecular flexibility index (Phi) is 4.00. The zero-order chi connectivity index (χ0) is 14.9. The van der Waals surface area contributed by atoms with Crippen molar-refractivity contribution in [1.29, 1.82) is 0 Å². The third-order valence-corrected chi connectivity index (χ3v) is 4.64. The topological polar surface area (TPSA) is 32.3 Å². The molecule has 3 rings (SSSR count). The van der Waals surface area contributed by atoms with Crippen molar-refractivity contribution in [3.63, 3.8) is 0 Å². The molecule has 0 saturated heterocycles. The zero-order valence-electron chi connectivity index (χ0n) is 11.6. The Morgan fingerprint density at radius 3 is 2.76 bits per heavy atom. The van der Waals surface area contributed by atoms with E-state index in [1.54, 1.807) is 18.2 Å². The van der Waals surface area contributed by atoms with Gasteiger partial charge in [-0.1, -0.05) is 34.1 Å². The number of anilines is 1. The molecule has 0 aromatic heterocycles. The van der Waals surface area contributed by atoms with Gasteiger partial charge in [0.2, 0.25) is 0 Å². The molecule has 0 radical (unpaired) electrons. The maximum absolute atomic E-state index is 13.8. The molecular weight excluding hydrogens is 333 g/mol. The van der Waals surface area contributed by atoms with Gasteiger partial charge in [-0.15, -0.1) is 0 Å². The van der Waals surface area contributed by atoms with E-state index in [4.69, 9.17) is 0 Å². The van der Waals surface area contributed by atoms with E-state index in [0.717, 1.165) is 17.3 Å². The molecule has 110 valence electrons. The van der Waals surface area contributed by atoms with Gasteiger partial charge in [-0.25, -0.2) is 4.39 Å². The maximum atomic E-state index is 13.8. The fraction of sp³-hybridized carbons (Fsp3) is 0.294. The Morgan fingerprint density at radius 2 is 2.00 bits per heavy atom. The first kappa shape index (κ1) is 14.5. The van der Waals surface area contributed by atoms with Crippen LogP contribution in [0.2, 0.25) is 0 Å². The molecule has 0 amide bonds. The van der Waals surface area contributed by atoms with Crippen molar-refractivity contribution in [3.8, 4) is 0 Å². The standard InChI is InChI=1S/C17H17BrFNO/c18-14-6-5-13-10-17(11-21,8-7-12(13)9-14)20-16-4-2-1-3-15(16)19/h1-6,9,20-21H,7-8,10-11H2. The van der Waals surface area contributed by atoms with Crippen molar-refractivity contribution in [1.82, 2.24) is 0 Å². The van der Waals surface area contributed by atoms with Gasteiger partial charge in [-0.05, 0) is 54.7 Å². The Bertz CT molecular complexity index is 661. The maximum Gasteiger partial charge on any atom is 0.146 e. The summed E-state index contributed by atoms with van der Waals surface area (Å²) in [5.74, 6) is -0.285. The third kappa shape index (κ3) is 2.97. The molecule has 2 nitrogen and oxygen atoms in total. The van der Waals surface area contributed by atoms with Gasteiger partial charge in [-0.3, -0.25) is 0 Å². The van der Waals surface area contributed by atoms with Crippen LogP contribution in [0.25, 0.3) is 0 Å². The second-order valence-corrected chi connectivity index (χ2v) is 6.55. The summed E-state index contributed by atoms with van der Waals surface area (Å²) in [6, 6.07) is 12.8. The molecule has 2 aromatic carbocycles. The highest BCUT2D eigenvalue weighted by Crippen LogP contribution is 2.33. The van der Waals surface area contributed by atoms with E-state index >= 15 is 0 Å². The van der Waals surface area contributed by atoms with Crippen LogP contribution in [0.15, 0.2) is 46.9 Å². The highest BCUT2D eigenvalue weighted by molar-refractivity contribution is 9.10. The molecule has 1 aliphatic rings. The smallest absolute Gasteiger partial charge is 0.146 e. The molecule has 1 atom stereocenters. The number of aliphatic hydroxyl groups is 1. The van der Waals surface area contributed by atoms with E-state index in [1.165, 1.54) is 17.2 Å². The number of para-hydroxylation sites is 1. The number of fused-ring (bicyclic) bond motifs is 1. The van der Waals surface area contributed by atoms with Crippen LogP contribution in [-0.4, -0.2) is 17.3 Å². The number of aliphatic hydroxyl groups excluding tert-OH is 1. The number of aryl methyl sites for hydroxylation is 1. The molecule has 21 heavy (non-hydrogen) atoms. The van der Waals surface area contributed by atoms with E-state index in [-0.39, 0.29) is 12.4 Å². The highest BCUT2D eigenvalue weighted by Gasteiger charge is 2.34. The van der Waals surface area contributed by atoms with Crippen LogP contribution in [0.4, 0.5) is 10.1 Å². The molecule has 0 saturated carbocycles. The summed E-state index contributed by atoms with van der Waals surface area (Å²) in [5.41, 5.74) is 2.46. The van der Waals surface area contributed by atoms with Gasteiger partial charge in [0.1, 0.15) is 5.82 Å². The second kappa shape index (κ2) is 5.78. The van der Waals surface area contributed by atoms with Gasteiger partial charge >= 0.3 is 0 Å². The van der Waals surface area contributed by atoms with Crippen molar-refractivity contribution in [3.05, 3.63) is 63.9 Å². The van der Waals surface area contributed by atoms with Gasteiger partial charge < -0.3 is 10.4 Å². The van der Waals surface area contributed by atoms with Crippen LogP contribution in [-0.2, 0) is 12.8 Å². The molecule has 0 bridgehead atoms. The lowest BCUT2D eigenvalue weighted by atomic mass is 9.78. The molecule has 4 heteroatoms. The molecule has 2 aromatic rings. The third-order valence-electron chi connectivity index (χ3n) is 4.15. The summed E-state index contributed by atoms with van der Waals surface area (Å²) >= 11 is 3.48. The number of hydrogen-bond acceptors (Lipinski definition) is 2. The molecule has 1 unspecified atom stereocenters. The number of rotatable bonds is 3. The van der Waals surface area contributed by atoms with Crippen LogP contribution in [0.5, 0.6) is 0 Å². The SMILES string of the molecule is OCC1(Nc2ccccc2F)CCc2cc(Br)ccc2C1. The number of nitrogens with one attached hydrogen (secondary N) is 1.